The highest BCUT2D eigenvalue weighted by atomic mass is 35.5. The van der Waals surface area contributed by atoms with E-state index in [-0.39, 0.29) is 5.91 Å². The molecule has 0 aliphatic rings. The minimum Gasteiger partial charge on any atom is -0.336 e. The van der Waals surface area contributed by atoms with E-state index in [1.807, 2.05) is 7.05 Å². The summed E-state index contributed by atoms with van der Waals surface area (Å²) in [5.41, 5.74) is 0.612. The van der Waals surface area contributed by atoms with Crippen LogP contribution in [0, 0.1) is 0 Å². The van der Waals surface area contributed by atoms with Gasteiger partial charge in [-0.3, -0.25) is 4.79 Å². The van der Waals surface area contributed by atoms with Gasteiger partial charge >= 0.3 is 0 Å². The van der Waals surface area contributed by atoms with E-state index in [2.05, 4.69) is 11.9 Å². The van der Waals surface area contributed by atoms with Crippen LogP contribution in [-0.4, -0.2) is 39.3 Å². The summed E-state index contributed by atoms with van der Waals surface area (Å²) >= 11 is 5.70. The van der Waals surface area contributed by atoms with Crippen molar-refractivity contribution in [2.75, 3.05) is 19.0 Å². The number of alkyl halides is 1. The monoisotopic (exact) mass is 243 g/mol. The van der Waals surface area contributed by atoms with Gasteiger partial charge in [0.15, 0.2) is 0 Å². The fourth-order valence-corrected chi connectivity index (χ4v) is 1.70. The van der Waals surface area contributed by atoms with Gasteiger partial charge in [-0.05, 0) is 6.42 Å². The number of carbonyl (C=O) groups excluding carboxylic acids is 1. The van der Waals surface area contributed by atoms with Gasteiger partial charge in [0.25, 0.3) is 5.91 Å². The Morgan fingerprint density at radius 2 is 2.31 bits per heavy atom. The molecule has 0 saturated carbocycles. The third-order valence-corrected chi connectivity index (χ3v) is 2.63. The van der Waals surface area contributed by atoms with Crippen molar-refractivity contribution < 1.29 is 4.79 Å². The lowest BCUT2D eigenvalue weighted by molar-refractivity contribution is 0.0754. The van der Waals surface area contributed by atoms with Crippen molar-refractivity contribution in [2.24, 2.45) is 7.05 Å². The molecule has 16 heavy (non-hydrogen) atoms. The average molecular weight is 244 g/mol. The van der Waals surface area contributed by atoms with Gasteiger partial charge in [0.05, 0.1) is 12.5 Å². The highest BCUT2D eigenvalue weighted by molar-refractivity contribution is 6.18. The van der Waals surface area contributed by atoms with Crippen LogP contribution in [0.25, 0.3) is 0 Å². The average Bonchev–Trinajstić information content (AvgIpc) is 2.69. The summed E-state index contributed by atoms with van der Waals surface area (Å²) in [5, 5.41) is 0. The normalized spacial score (nSPS) is 10.4. The van der Waals surface area contributed by atoms with Gasteiger partial charge in [0.2, 0.25) is 0 Å². The number of hydrogen-bond acceptors (Lipinski definition) is 2. The number of aromatic nitrogens is 2. The van der Waals surface area contributed by atoms with Crippen LogP contribution in [0.2, 0.25) is 0 Å². The van der Waals surface area contributed by atoms with E-state index in [1.165, 1.54) is 0 Å². The first-order valence-corrected chi connectivity index (χ1v) is 6.05. The fourth-order valence-electron chi connectivity index (χ4n) is 1.49. The zero-order valence-corrected chi connectivity index (χ0v) is 10.6. The lowest BCUT2D eigenvalue weighted by atomic mass is 10.3. The van der Waals surface area contributed by atoms with Crippen LogP contribution >= 0.6 is 11.6 Å². The molecule has 0 spiro atoms. The molecular weight excluding hydrogens is 226 g/mol. The van der Waals surface area contributed by atoms with Gasteiger partial charge in [-0.1, -0.05) is 13.3 Å². The minimum absolute atomic E-state index is 0.00843. The molecule has 0 bridgehead atoms. The molecule has 0 saturated heterocycles. The highest BCUT2D eigenvalue weighted by Gasteiger charge is 2.17. The Morgan fingerprint density at radius 1 is 1.56 bits per heavy atom. The zero-order valence-electron chi connectivity index (χ0n) is 9.82. The predicted molar refractivity (Wildman–Crippen MR) is 64.7 cm³/mol. The first-order valence-electron chi connectivity index (χ1n) is 5.52. The lowest BCUT2D eigenvalue weighted by Crippen LogP contribution is -2.34. The molecule has 0 aromatic carbocycles. The molecule has 0 unspecified atom stereocenters. The minimum atomic E-state index is 0.00843. The number of unbranched alkanes of at least 4 members (excludes halogenated alkanes) is 1. The van der Waals surface area contributed by atoms with Crippen LogP contribution in [0.4, 0.5) is 0 Å². The van der Waals surface area contributed by atoms with Crippen LogP contribution in [0.3, 0.4) is 0 Å². The predicted octanol–water partition coefficient (Wildman–Crippen LogP) is 1.90. The Morgan fingerprint density at radius 3 is 2.81 bits per heavy atom. The number of halogens is 1. The van der Waals surface area contributed by atoms with Gasteiger partial charge in [-0.2, -0.15) is 0 Å². The van der Waals surface area contributed by atoms with E-state index >= 15 is 0 Å². The zero-order chi connectivity index (χ0) is 12.0. The fraction of sp³-hybridized carbons (Fsp3) is 0.636. The van der Waals surface area contributed by atoms with Gasteiger partial charge in [0.1, 0.15) is 5.69 Å². The number of aryl methyl sites for hydroxylation is 1. The van der Waals surface area contributed by atoms with Gasteiger partial charge in [-0.25, -0.2) is 4.98 Å². The summed E-state index contributed by atoms with van der Waals surface area (Å²) in [6, 6.07) is 0. The summed E-state index contributed by atoms with van der Waals surface area (Å²) in [4.78, 5) is 17.9. The molecular formula is C11H18ClN3O. The smallest absolute Gasteiger partial charge is 0.272 e. The van der Waals surface area contributed by atoms with Crippen molar-refractivity contribution >= 4 is 17.5 Å². The second-order valence-electron chi connectivity index (χ2n) is 3.72. The summed E-state index contributed by atoms with van der Waals surface area (Å²) < 4.78 is 1.73. The Labute approximate surface area is 101 Å². The third-order valence-electron chi connectivity index (χ3n) is 2.46. The van der Waals surface area contributed by atoms with Crippen LogP contribution < -0.4 is 0 Å². The number of carbonyl (C=O) groups is 1. The molecule has 0 aliphatic heterocycles. The molecule has 0 N–H and O–H groups in total. The molecule has 4 nitrogen and oxygen atoms in total. The molecule has 5 heteroatoms. The van der Waals surface area contributed by atoms with Crippen LogP contribution in [-0.2, 0) is 7.05 Å². The first-order chi connectivity index (χ1) is 7.70. The van der Waals surface area contributed by atoms with Crippen molar-refractivity contribution in [1.29, 1.82) is 0 Å². The van der Waals surface area contributed by atoms with Crippen LogP contribution in [0.5, 0.6) is 0 Å². The van der Waals surface area contributed by atoms with Crippen LogP contribution in [0.15, 0.2) is 12.5 Å². The maximum atomic E-state index is 12.1. The number of rotatable bonds is 6. The van der Waals surface area contributed by atoms with Gasteiger partial charge < -0.3 is 9.47 Å². The van der Waals surface area contributed by atoms with E-state index in [1.54, 1.807) is 22.0 Å². The van der Waals surface area contributed by atoms with E-state index in [9.17, 15) is 4.79 Å². The van der Waals surface area contributed by atoms with E-state index in [0.29, 0.717) is 18.1 Å². The van der Waals surface area contributed by atoms with Crippen molar-refractivity contribution in [3.63, 3.8) is 0 Å². The van der Waals surface area contributed by atoms with E-state index in [0.717, 1.165) is 19.4 Å². The standard InChI is InChI=1S/C11H18ClN3O/c1-3-4-6-15(7-5-12)11(16)10-8-13-9-14(10)2/h8-9H,3-7H2,1-2H3. The summed E-state index contributed by atoms with van der Waals surface area (Å²) in [6.45, 7) is 3.45. The summed E-state index contributed by atoms with van der Waals surface area (Å²) in [5.74, 6) is 0.474. The van der Waals surface area contributed by atoms with Crippen LogP contribution in [0.1, 0.15) is 30.3 Å². The molecule has 1 amide bonds. The summed E-state index contributed by atoms with van der Waals surface area (Å²) in [7, 11) is 1.82. The second kappa shape index (κ2) is 6.53. The Bertz CT molecular complexity index is 338. The number of hydrogen-bond donors (Lipinski definition) is 0. The topological polar surface area (TPSA) is 38.1 Å². The Balaban J connectivity index is 2.70. The first kappa shape index (κ1) is 13.0. The maximum absolute atomic E-state index is 12.1. The summed E-state index contributed by atoms with van der Waals surface area (Å²) in [6.07, 6.45) is 5.29. The molecule has 1 aromatic rings. The maximum Gasteiger partial charge on any atom is 0.272 e. The van der Waals surface area contributed by atoms with Crippen molar-refractivity contribution in [3.05, 3.63) is 18.2 Å². The molecule has 1 aromatic heterocycles. The van der Waals surface area contributed by atoms with Crippen molar-refractivity contribution in [3.8, 4) is 0 Å². The second-order valence-corrected chi connectivity index (χ2v) is 4.10. The lowest BCUT2D eigenvalue weighted by Gasteiger charge is -2.21. The SMILES string of the molecule is CCCCN(CCCl)C(=O)c1cncn1C. The molecule has 1 heterocycles. The number of amides is 1. The van der Waals surface area contributed by atoms with Crippen molar-refractivity contribution in [1.82, 2.24) is 14.5 Å². The Kier molecular flexibility index (Phi) is 5.32. The van der Waals surface area contributed by atoms with Gasteiger partial charge in [0, 0.05) is 26.0 Å². The molecule has 0 radical (unpaired) electrons. The molecule has 0 fully saturated rings. The largest absolute Gasteiger partial charge is 0.336 e. The quantitative estimate of drug-likeness (QED) is 0.716. The Hall–Kier alpha value is -1.03. The third kappa shape index (κ3) is 3.23. The number of nitrogens with zero attached hydrogens (tertiary/aromatic N) is 3. The van der Waals surface area contributed by atoms with Gasteiger partial charge in [-0.15, -0.1) is 11.6 Å². The molecule has 0 atom stereocenters. The van der Waals surface area contributed by atoms with Crippen molar-refractivity contribution in [2.45, 2.75) is 19.8 Å². The molecule has 1 rings (SSSR count). The molecule has 90 valence electrons. The van der Waals surface area contributed by atoms with E-state index < -0.39 is 0 Å². The number of imidazole rings is 1. The van der Waals surface area contributed by atoms with E-state index in [4.69, 9.17) is 11.6 Å². The molecule has 0 aliphatic carbocycles. The highest BCUT2D eigenvalue weighted by Crippen LogP contribution is 2.05.